The van der Waals surface area contributed by atoms with Crippen molar-refractivity contribution < 1.29 is 0 Å². The monoisotopic (exact) mass is 543 g/mol. The summed E-state index contributed by atoms with van der Waals surface area (Å²) in [6, 6.07) is 0.776. The summed E-state index contributed by atoms with van der Waals surface area (Å²) in [5.41, 5.74) is 0.250. The highest BCUT2D eigenvalue weighted by Gasteiger charge is 2.42. The van der Waals surface area contributed by atoms with Gasteiger partial charge in [-0.3, -0.25) is 0 Å². The third-order valence-electron chi connectivity index (χ3n) is 8.38. The van der Waals surface area contributed by atoms with Crippen molar-refractivity contribution >= 4 is 11.9 Å². The SMILES string of the molecule is CCCCN(c1nc(C(C)C)nc(N(CCCC)C2CC(C)(C)NC(C)(C)C2)n1)C1CC(C)(C)NC(C)(C)C1. The van der Waals surface area contributed by atoms with Crippen LogP contribution in [0, 0.1) is 0 Å². The molecule has 0 amide bonds. The van der Waals surface area contributed by atoms with Crippen LogP contribution in [-0.4, -0.2) is 62.3 Å². The molecule has 7 heteroatoms. The Labute approximate surface area is 240 Å². The summed E-state index contributed by atoms with van der Waals surface area (Å²) in [4.78, 5) is 20.8. The van der Waals surface area contributed by atoms with Gasteiger partial charge in [0.2, 0.25) is 11.9 Å². The molecule has 2 aliphatic heterocycles. The Bertz CT molecular complexity index is 836. The van der Waals surface area contributed by atoms with Crippen molar-refractivity contribution in [2.75, 3.05) is 22.9 Å². The van der Waals surface area contributed by atoms with Crippen LogP contribution in [0.3, 0.4) is 0 Å². The summed E-state index contributed by atoms with van der Waals surface area (Å²) < 4.78 is 0. The molecular weight excluding hydrogens is 482 g/mol. The number of anilines is 2. The molecule has 0 bridgehead atoms. The summed E-state index contributed by atoms with van der Waals surface area (Å²) in [6.07, 6.45) is 8.90. The Morgan fingerprint density at radius 1 is 0.641 bits per heavy atom. The standard InChI is InChI=1S/C32H61N7/c1-13-15-17-38(24-19-29(5,6)36-30(7,8)20-24)27-33-26(23(3)4)34-28(35-27)39(18-16-14-2)25-21-31(9,10)37-32(11,12)22-25/h23-25,36-37H,13-22H2,1-12H3. The maximum absolute atomic E-state index is 5.35. The van der Waals surface area contributed by atoms with Gasteiger partial charge < -0.3 is 20.4 Å². The Morgan fingerprint density at radius 2 is 0.974 bits per heavy atom. The number of piperidine rings is 2. The third-order valence-corrected chi connectivity index (χ3v) is 8.38. The number of nitrogens with zero attached hydrogens (tertiary/aromatic N) is 5. The van der Waals surface area contributed by atoms with Gasteiger partial charge in [0.05, 0.1) is 0 Å². The van der Waals surface area contributed by atoms with E-state index < -0.39 is 0 Å². The average molecular weight is 544 g/mol. The topological polar surface area (TPSA) is 69.2 Å². The largest absolute Gasteiger partial charge is 0.338 e. The van der Waals surface area contributed by atoms with Crippen LogP contribution < -0.4 is 20.4 Å². The fourth-order valence-electron chi connectivity index (χ4n) is 7.41. The molecule has 39 heavy (non-hydrogen) atoms. The molecule has 3 rings (SSSR count). The molecular formula is C32H61N7. The van der Waals surface area contributed by atoms with E-state index in [0.717, 1.165) is 82.2 Å². The molecule has 0 unspecified atom stereocenters. The highest BCUT2D eigenvalue weighted by atomic mass is 15.4. The smallest absolute Gasteiger partial charge is 0.230 e. The van der Waals surface area contributed by atoms with Crippen LogP contribution in [0.15, 0.2) is 0 Å². The van der Waals surface area contributed by atoms with E-state index in [-0.39, 0.29) is 28.1 Å². The van der Waals surface area contributed by atoms with E-state index in [4.69, 9.17) is 15.0 Å². The quantitative estimate of drug-likeness (QED) is 0.317. The summed E-state index contributed by atoms with van der Waals surface area (Å²) >= 11 is 0. The maximum atomic E-state index is 5.35. The van der Waals surface area contributed by atoms with Gasteiger partial charge in [-0.2, -0.15) is 15.0 Å². The number of hydrogen-bond donors (Lipinski definition) is 2. The lowest BCUT2D eigenvalue weighted by Gasteiger charge is -2.50. The zero-order valence-corrected chi connectivity index (χ0v) is 27.5. The van der Waals surface area contributed by atoms with E-state index in [2.05, 4.69) is 104 Å². The minimum Gasteiger partial charge on any atom is -0.338 e. The lowest BCUT2D eigenvalue weighted by molar-refractivity contribution is 0.157. The molecule has 0 spiro atoms. The molecule has 2 fully saturated rings. The van der Waals surface area contributed by atoms with Crippen molar-refractivity contribution in [3.63, 3.8) is 0 Å². The normalized spacial score (nSPS) is 22.7. The van der Waals surface area contributed by atoms with Crippen molar-refractivity contribution in [3.8, 4) is 0 Å². The summed E-state index contributed by atoms with van der Waals surface area (Å²) in [7, 11) is 0. The van der Waals surface area contributed by atoms with Gasteiger partial charge in [0.15, 0.2) is 0 Å². The van der Waals surface area contributed by atoms with Gasteiger partial charge in [-0.25, -0.2) is 0 Å². The molecule has 1 aromatic rings. The van der Waals surface area contributed by atoms with Crippen LogP contribution in [0.2, 0.25) is 0 Å². The van der Waals surface area contributed by atoms with Crippen molar-refractivity contribution in [2.24, 2.45) is 0 Å². The number of rotatable bonds is 11. The molecule has 2 aliphatic rings. The third kappa shape index (κ3) is 8.76. The second-order valence-corrected chi connectivity index (χ2v) is 15.5. The number of unbranched alkanes of at least 4 members (excludes halogenated alkanes) is 2. The highest BCUT2D eigenvalue weighted by molar-refractivity contribution is 5.42. The van der Waals surface area contributed by atoms with Crippen molar-refractivity contribution in [3.05, 3.63) is 5.82 Å². The summed E-state index contributed by atoms with van der Waals surface area (Å²) in [5.74, 6) is 2.92. The van der Waals surface area contributed by atoms with Gasteiger partial charge in [-0.15, -0.1) is 0 Å². The molecule has 0 saturated carbocycles. The minimum atomic E-state index is 0.0625. The molecule has 1 aromatic heterocycles. The molecule has 0 aliphatic carbocycles. The van der Waals surface area contributed by atoms with E-state index in [1.165, 1.54) is 0 Å². The highest BCUT2D eigenvalue weighted by Crippen LogP contribution is 2.36. The average Bonchev–Trinajstić information content (AvgIpc) is 2.75. The lowest BCUT2D eigenvalue weighted by Crippen LogP contribution is -2.63. The Kier molecular flexibility index (Phi) is 10.0. The Balaban J connectivity index is 2.10. The van der Waals surface area contributed by atoms with Crippen LogP contribution in [0.4, 0.5) is 11.9 Å². The first-order chi connectivity index (χ1) is 18.0. The fraction of sp³-hybridized carbons (Fsp3) is 0.906. The second-order valence-electron chi connectivity index (χ2n) is 15.5. The van der Waals surface area contributed by atoms with Crippen LogP contribution in [0.25, 0.3) is 0 Å². The Hall–Kier alpha value is -1.47. The van der Waals surface area contributed by atoms with E-state index >= 15 is 0 Å². The maximum Gasteiger partial charge on any atom is 0.230 e. The summed E-state index contributed by atoms with van der Waals surface area (Å²) in [5, 5.41) is 7.74. The van der Waals surface area contributed by atoms with Gasteiger partial charge in [-0.1, -0.05) is 40.5 Å². The molecule has 7 nitrogen and oxygen atoms in total. The first-order valence-corrected chi connectivity index (χ1v) is 15.8. The number of aromatic nitrogens is 3. The minimum absolute atomic E-state index is 0.0625. The number of nitrogens with one attached hydrogen (secondary N) is 2. The van der Waals surface area contributed by atoms with Gasteiger partial charge in [0.25, 0.3) is 0 Å². The molecule has 0 aromatic carbocycles. The van der Waals surface area contributed by atoms with Crippen LogP contribution in [0.1, 0.15) is 146 Å². The molecule has 3 heterocycles. The van der Waals surface area contributed by atoms with Gasteiger partial charge in [0.1, 0.15) is 5.82 Å². The molecule has 0 atom stereocenters. The van der Waals surface area contributed by atoms with Gasteiger partial charge >= 0.3 is 0 Å². The Morgan fingerprint density at radius 3 is 1.26 bits per heavy atom. The fourth-order valence-corrected chi connectivity index (χ4v) is 7.41. The summed E-state index contributed by atoms with van der Waals surface area (Å²) in [6.45, 7) is 29.6. The van der Waals surface area contributed by atoms with E-state index in [1.807, 2.05) is 0 Å². The zero-order chi connectivity index (χ0) is 29.2. The van der Waals surface area contributed by atoms with Gasteiger partial charge in [-0.05, 0) is 93.9 Å². The van der Waals surface area contributed by atoms with Crippen molar-refractivity contribution in [1.29, 1.82) is 0 Å². The van der Waals surface area contributed by atoms with E-state index in [1.54, 1.807) is 0 Å². The first kappa shape index (κ1) is 32.0. The van der Waals surface area contributed by atoms with Gasteiger partial charge in [0, 0.05) is 53.2 Å². The lowest BCUT2D eigenvalue weighted by atomic mass is 9.79. The second kappa shape index (κ2) is 12.2. The molecule has 2 saturated heterocycles. The molecule has 224 valence electrons. The van der Waals surface area contributed by atoms with E-state index in [9.17, 15) is 0 Å². The van der Waals surface area contributed by atoms with Crippen LogP contribution >= 0.6 is 0 Å². The van der Waals surface area contributed by atoms with E-state index in [0.29, 0.717) is 12.1 Å². The molecule has 0 radical (unpaired) electrons. The van der Waals surface area contributed by atoms with Crippen molar-refractivity contribution in [2.45, 2.75) is 175 Å². The van der Waals surface area contributed by atoms with Crippen LogP contribution in [0.5, 0.6) is 0 Å². The van der Waals surface area contributed by atoms with Crippen molar-refractivity contribution in [1.82, 2.24) is 25.6 Å². The molecule has 2 N–H and O–H groups in total. The predicted octanol–water partition coefficient (Wildman–Crippen LogP) is 6.83. The zero-order valence-electron chi connectivity index (χ0n) is 27.5. The predicted molar refractivity (Wildman–Crippen MR) is 167 cm³/mol. The first-order valence-electron chi connectivity index (χ1n) is 15.8. The number of hydrogen-bond acceptors (Lipinski definition) is 7. The van der Waals surface area contributed by atoms with Crippen LogP contribution in [-0.2, 0) is 0 Å².